The Morgan fingerprint density at radius 1 is 0.921 bits per heavy atom. The van der Waals surface area contributed by atoms with Crippen molar-refractivity contribution < 1.29 is 0 Å². The molecule has 0 spiro atoms. The van der Waals surface area contributed by atoms with E-state index < -0.39 is 0 Å². The van der Waals surface area contributed by atoms with E-state index in [2.05, 4.69) is 116 Å². The van der Waals surface area contributed by atoms with E-state index in [4.69, 9.17) is 0 Å². The van der Waals surface area contributed by atoms with Gasteiger partial charge in [-0.2, -0.15) is 0 Å². The molecule has 0 amide bonds. The van der Waals surface area contributed by atoms with Crippen molar-refractivity contribution in [1.82, 2.24) is 10.2 Å². The summed E-state index contributed by atoms with van der Waals surface area (Å²) in [5.41, 5.74) is 12.4. The molecule has 0 atom stereocenters. The molecule has 0 fully saturated rings. The van der Waals surface area contributed by atoms with Crippen LogP contribution >= 0.6 is 0 Å². The number of aryl methyl sites for hydroxylation is 1. The molecule has 0 aliphatic rings. The first-order valence-electron chi connectivity index (χ1n) is 12.9. The van der Waals surface area contributed by atoms with Crippen LogP contribution in [0, 0.1) is 6.92 Å². The molecule has 3 aromatic rings. The summed E-state index contributed by atoms with van der Waals surface area (Å²) in [5.74, 6) is 0.910. The van der Waals surface area contributed by atoms with Gasteiger partial charge >= 0.3 is 0 Å². The Bertz CT molecular complexity index is 1410. The summed E-state index contributed by atoms with van der Waals surface area (Å²) >= 11 is 0. The summed E-state index contributed by atoms with van der Waals surface area (Å²) in [6, 6.07) is 27.1. The van der Waals surface area contributed by atoms with Crippen LogP contribution in [-0.2, 0) is 0 Å². The molecule has 2 nitrogen and oxygen atoms in total. The lowest BCUT2D eigenvalue weighted by Crippen LogP contribution is -2.27. The zero-order chi connectivity index (χ0) is 27.5. The van der Waals surface area contributed by atoms with Gasteiger partial charge in [0.25, 0.3) is 0 Å². The molecule has 0 bridgehead atoms. The minimum absolute atomic E-state index is 0.855. The molecule has 0 aromatic heterocycles. The molecule has 1 N–H and O–H groups in total. The number of hydrogen-bond donors (Lipinski definition) is 1. The van der Waals surface area contributed by atoms with E-state index in [0.29, 0.717) is 0 Å². The second-order valence-electron chi connectivity index (χ2n) is 9.22. The highest BCUT2D eigenvalue weighted by atomic mass is 15.2. The van der Waals surface area contributed by atoms with Crippen LogP contribution in [0.3, 0.4) is 0 Å². The summed E-state index contributed by atoms with van der Waals surface area (Å²) < 4.78 is 0. The van der Waals surface area contributed by atoms with Gasteiger partial charge in [0.15, 0.2) is 0 Å². The lowest BCUT2D eigenvalue weighted by atomic mass is 9.92. The van der Waals surface area contributed by atoms with E-state index in [0.717, 1.165) is 51.3 Å². The lowest BCUT2D eigenvalue weighted by Gasteiger charge is -2.26. The second-order valence-corrected chi connectivity index (χ2v) is 9.22. The van der Waals surface area contributed by atoms with Gasteiger partial charge in [-0.15, -0.1) is 5.73 Å². The Labute approximate surface area is 229 Å². The third kappa shape index (κ3) is 6.82. The fourth-order valence-electron chi connectivity index (χ4n) is 4.25. The first-order chi connectivity index (χ1) is 18.4. The summed E-state index contributed by atoms with van der Waals surface area (Å²) in [5, 5.41) is 3.70. The van der Waals surface area contributed by atoms with Crippen molar-refractivity contribution in [1.29, 1.82) is 0 Å². The highest BCUT2D eigenvalue weighted by molar-refractivity contribution is 6.05. The lowest BCUT2D eigenvalue weighted by molar-refractivity contribution is 0.483. The Balaban J connectivity index is 2.27. The van der Waals surface area contributed by atoms with Crippen LogP contribution in [-0.4, -0.2) is 19.0 Å². The maximum atomic E-state index is 4.52. The van der Waals surface area contributed by atoms with Crippen molar-refractivity contribution in [2.45, 2.75) is 20.3 Å². The topological polar surface area (TPSA) is 15.3 Å². The van der Waals surface area contributed by atoms with Gasteiger partial charge in [0.1, 0.15) is 5.82 Å². The molecule has 0 aliphatic carbocycles. The van der Waals surface area contributed by atoms with Crippen molar-refractivity contribution in [3.63, 3.8) is 0 Å². The van der Waals surface area contributed by atoms with Crippen LogP contribution in [0.1, 0.15) is 41.2 Å². The summed E-state index contributed by atoms with van der Waals surface area (Å²) in [6.07, 6.45) is 9.10. The van der Waals surface area contributed by atoms with Crippen molar-refractivity contribution in [2.75, 3.05) is 14.1 Å². The van der Waals surface area contributed by atoms with E-state index in [1.54, 1.807) is 0 Å². The Morgan fingerprint density at radius 2 is 1.55 bits per heavy atom. The van der Waals surface area contributed by atoms with Crippen molar-refractivity contribution in [2.24, 2.45) is 0 Å². The van der Waals surface area contributed by atoms with Crippen LogP contribution in [0.4, 0.5) is 0 Å². The maximum Gasteiger partial charge on any atom is 0.114 e. The highest BCUT2D eigenvalue weighted by Gasteiger charge is 2.18. The molecule has 3 rings (SSSR count). The number of hydrogen-bond acceptors (Lipinski definition) is 2. The average Bonchev–Trinajstić information content (AvgIpc) is 2.94. The highest BCUT2D eigenvalue weighted by Crippen LogP contribution is 2.33. The second kappa shape index (κ2) is 13.7. The van der Waals surface area contributed by atoms with Crippen molar-refractivity contribution in [3.05, 3.63) is 162 Å². The van der Waals surface area contributed by atoms with Gasteiger partial charge in [-0.3, -0.25) is 0 Å². The van der Waals surface area contributed by atoms with E-state index in [1.807, 2.05) is 50.5 Å². The fraction of sp³-hybridized carbons (Fsp3) is 0.139. The van der Waals surface area contributed by atoms with Gasteiger partial charge in [-0.25, -0.2) is 0 Å². The van der Waals surface area contributed by atoms with E-state index in [1.165, 1.54) is 11.1 Å². The minimum Gasteiger partial charge on any atom is -0.364 e. The predicted molar refractivity (Wildman–Crippen MR) is 167 cm³/mol. The molecular weight excluding hydrogens is 460 g/mol. The minimum atomic E-state index is 0.855. The van der Waals surface area contributed by atoms with Crippen LogP contribution < -0.4 is 5.32 Å². The first-order valence-corrected chi connectivity index (χ1v) is 12.9. The van der Waals surface area contributed by atoms with Gasteiger partial charge in [-0.05, 0) is 65.0 Å². The average molecular weight is 499 g/mol. The molecule has 0 radical (unpaired) electrons. The van der Waals surface area contributed by atoms with Gasteiger partial charge in [0.05, 0.1) is 0 Å². The quantitative estimate of drug-likeness (QED) is 0.210. The predicted octanol–water partition coefficient (Wildman–Crippen LogP) is 8.89. The molecule has 0 unspecified atom stereocenters. The van der Waals surface area contributed by atoms with E-state index >= 15 is 0 Å². The molecule has 3 aromatic carbocycles. The van der Waals surface area contributed by atoms with Crippen molar-refractivity contribution in [3.8, 4) is 0 Å². The SMILES string of the molecule is C=C=C/C(=C(/C=C)N/C(=C(/C(=C)c1ccccc1)c1ccccc1)N(C)C)c1ccc(C)c(/C=C\CC)c1. The third-order valence-electron chi connectivity index (χ3n) is 6.29. The zero-order valence-electron chi connectivity index (χ0n) is 23.1. The van der Waals surface area contributed by atoms with Gasteiger partial charge < -0.3 is 10.2 Å². The monoisotopic (exact) mass is 498 g/mol. The van der Waals surface area contributed by atoms with Crippen LogP contribution in [0.15, 0.2) is 134 Å². The van der Waals surface area contributed by atoms with Crippen molar-refractivity contribution >= 4 is 22.8 Å². The molecule has 0 saturated carbocycles. The van der Waals surface area contributed by atoms with E-state index in [-0.39, 0.29) is 0 Å². The van der Waals surface area contributed by atoms with Crippen LogP contribution in [0.25, 0.3) is 22.8 Å². The Morgan fingerprint density at radius 3 is 2.11 bits per heavy atom. The molecule has 2 heteroatoms. The van der Waals surface area contributed by atoms with Gasteiger partial charge in [0, 0.05) is 30.9 Å². The number of benzene rings is 3. The van der Waals surface area contributed by atoms with E-state index in [9.17, 15) is 0 Å². The standard InChI is InChI=1S/C36H38N2/c1-8-11-19-31-26-32(25-24-27(31)4)33(18-9-2)34(10-3)37-36(38(6)7)35(30-22-16-13-17-23-30)28(5)29-20-14-12-15-21-29/h10-26,37H,2-3,5,8H2,1,4,6-7H3/b19-11-,34-33+,36-35+. The van der Waals surface area contributed by atoms with Gasteiger partial charge in [0.2, 0.25) is 0 Å². The molecule has 192 valence electrons. The van der Waals surface area contributed by atoms with Crippen LogP contribution in [0.2, 0.25) is 0 Å². The van der Waals surface area contributed by atoms with Gasteiger partial charge in [-0.1, -0.05) is 112 Å². The Hall–Kier alpha value is -4.52. The molecule has 0 aliphatic heterocycles. The number of rotatable bonds is 11. The zero-order valence-corrected chi connectivity index (χ0v) is 23.1. The number of allylic oxidation sites excluding steroid dienone is 6. The summed E-state index contributed by atoms with van der Waals surface area (Å²) in [7, 11) is 4.07. The summed E-state index contributed by atoms with van der Waals surface area (Å²) in [6.45, 7) is 16.8. The normalized spacial score (nSPS) is 12.2. The molecular formula is C36H38N2. The molecule has 0 heterocycles. The third-order valence-corrected chi connectivity index (χ3v) is 6.29. The number of nitrogens with zero attached hydrogens (tertiary/aromatic N) is 1. The largest absolute Gasteiger partial charge is 0.364 e. The number of nitrogens with one attached hydrogen (secondary N) is 1. The smallest absolute Gasteiger partial charge is 0.114 e. The van der Waals surface area contributed by atoms with Crippen LogP contribution in [0.5, 0.6) is 0 Å². The fourth-order valence-corrected chi connectivity index (χ4v) is 4.25. The molecule has 38 heavy (non-hydrogen) atoms. The first kappa shape index (κ1) is 28.1. The Kier molecular flexibility index (Phi) is 10.1. The molecule has 0 saturated heterocycles. The summed E-state index contributed by atoms with van der Waals surface area (Å²) in [4.78, 5) is 2.08. The maximum absolute atomic E-state index is 4.52.